The number of likely N-dealkylation sites (N-methyl/N-ethyl adjacent to an activating group) is 1. The summed E-state index contributed by atoms with van der Waals surface area (Å²) >= 11 is 0. The third-order valence-electron chi connectivity index (χ3n) is 4.04. The Hall–Kier alpha value is -1.66. The molecular weight excluding hydrogens is 299 g/mol. The van der Waals surface area contributed by atoms with Crippen LogP contribution in [-0.2, 0) is 4.79 Å². The maximum Gasteiger partial charge on any atom is 0.260 e. The fraction of sp³-hybridized carbons (Fsp3) is 0.588. The summed E-state index contributed by atoms with van der Waals surface area (Å²) in [4.78, 5) is 15.9. The first kappa shape index (κ1) is 17.7. The molecule has 1 aliphatic rings. The van der Waals surface area contributed by atoms with Gasteiger partial charge in [-0.3, -0.25) is 4.79 Å². The molecule has 1 fully saturated rings. The van der Waals surface area contributed by atoms with Crippen LogP contribution in [0, 0.1) is 5.82 Å². The summed E-state index contributed by atoms with van der Waals surface area (Å²) in [5.74, 6) is -0.181. The van der Waals surface area contributed by atoms with E-state index in [1.165, 1.54) is 12.1 Å². The van der Waals surface area contributed by atoms with Crippen molar-refractivity contribution in [1.82, 2.24) is 9.80 Å². The topological polar surface area (TPSA) is 53.0 Å². The Kier molecular flexibility index (Phi) is 5.96. The Bertz CT molecular complexity index is 538. The van der Waals surface area contributed by atoms with E-state index in [0.29, 0.717) is 38.2 Å². The van der Waals surface area contributed by atoms with Crippen LogP contribution in [0.15, 0.2) is 24.3 Å². The number of amides is 1. The van der Waals surface area contributed by atoms with Crippen LogP contribution in [0.1, 0.15) is 19.3 Å². The van der Waals surface area contributed by atoms with Crippen molar-refractivity contribution in [1.29, 1.82) is 0 Å². The first-order chi connectivity index (χ1) is 10.9. The van der Waals surface area contributed by atoms with Crippen LogP contribution in [0.2, 0.25) is 0 Å². The van der Waals surface area contributed by atoms with E-state index < -0.39 is 11.4 Å². The maximum atomic E-state index is 13.1. The van der Waals surface area contributed by atoms with Gasteiger partial charge in [0.1, 0.15) is 11.6 Å². The van der Waals surface area contributed by atoms with Gasteiger partial charge in [0, 0.05) is 25.7 Å². The van der Waals surface area contributed by atoms with E-state index >= 15 is 0 Å². The van der Waals surface area contributed by atoms with Crippen LogP contribution in [0.3, 0.4) is 0 Å². The number of rotatable bonds is 5. The molecule has 0 spiro atoms. The molecule has 23 heavy (non-hydrogen) atoms. The van der Waals surface area contributed by atoms with Gasteiger partial charge in [0.05, 0.1) is 5.60 Å². The Labute approximate surface area is 136 Å². The van der Waals surface area contributed by atoms with Crippen molar-refractivity contribution < 1.29 is 19.0 Å². The second-order valence-electron chi connectivity index (χ2n) is 6.44. The molecule has 0 radical (unpaired) electrons. The molecule has 6 heteroatoms. The van der Waals surface area contributed by atoms with Crippen LogP contribution in [-0.4, -0.2) is 66.8 Å². The lowest BCUT2D eigenvalue weighted by molar-refractivity contribution is -0.133. The van der Waals surface area contributed by atoms with E-state index in [4.69, 9.17) is 4.74 Å². The molecule has 5 nitrogen and oxygen atoms in total. The van der Waals surface area contributed by atoms with Gasteiger partial charge in [-0.2, -0.15) is 0 Å². The van der Waals surface area contributed by atoms with Crippen LogP contribution in [0.5, 0.6) is 5.75 Å². The summed E-state index contributed by atoms with van der Waals surface area (Å²) in [6.07, 6.45) is 1.99. The normalized spacial score (nSPS) is 22.0. The Morgan fingerprint density at radius 2 is 2.17 bits per heavy atom. The summed E-state index contributed by atoms with van der Waals surface area (Å²) in [6, 6.07) is 5.75. The number of halogens is 1. The first-order valence-corrected chi connectivity index (χ1v) is 7.91. The molecule has 2 rings (SSSR count). The molecule has 1 N–H and O–H groups in total. The zero-order chi connectivity index (χ0) is 16.9. The molecule has 0 aliphatic carbocycles. The third-order valence-corrected chi connectivity index (χ3v) is 4.04. The minimum Gasteiger partial charge on any atom is -0.484 e. The highest BCUT2D eigenvalue weighted by molar-refractivity contribution is 5.77. The monoisotopic (exact) mass is 324 g/mol. The van der Waals surface area contributed by atoms with Crippen LogP contribution >= 0.6 is 0 Å². The van der Waals surface area contributed by atoms with Crippen LogP contribution in [0.25, 0.3) is 0 Å². The molecule has 1 aliphatic heterocycles. The van der Waals surface area contributed by atoms with Crippen LogP contribution < -0.4 is 4.74 Å². The minimum absolute atomic E-state index is 0.116. The van der Waals surface area contributed by atoms with Crippen LogP contribution in [0.4, 0.5) is 4.39 Å². The fourth-order valence-electron chi connectivity index (χ4n) is 2.97. The Morgan fingerprint density at radius 3 is 2.87 bits per heavy atom. The van der Waals surface area contributed by atoms with Gasteiger partial charge in [-0.25, -0.2) is 4.39 Å². The second-order valence-corrected chi connectivity index (χ2v) is 6.44. The van der Waals surface area contributed by atoms with E-state index in [1.54, 1.807) is 17.0 Å². The molecule has 0 unspecified atom stereocenters. The smallest absolute Gasteiger partial charge is 0.260 e. The number of carbonyl (C=O) groups is 1. The Morgan fingerprint density at radius 1 is 1.39 bits per heavy atom. The van der Waals surface area contributed by atoms with Gasteiger partial charge in [0.2, 0.25) is 0 Å². The number of ether oxygens (including phenoxy) is 1. The predicted octanol–water partition coefficient (Wildman–Crippen LogP) is 1.51. The maximum absolute atomic E-state index is 13.1. The number of carbonyl (C=O) groups excluding carboxylic acids is 1. The third kappa shape index (κ3) is 5.48. The van der Waals surface area contributed by atoms with Gasteiger partial charge in [-0.1, -0.05) is 6.07 Å². The molecule has 0 bridgehead atoms. The Balaban J connectivity index is 1.85. The van der Waals surface area contributed by atoms with Crippen molar-refractivity contribution in [3.63, 3.8) is 0 Å². The van der Waals surface area contributed by atoms with E-state index in [1.807, 2.05) is 19.0 Å². The lowest BCUT2D eigenvalue weighted by Gasteiger charge is -2.29. The summed E-state index contributed by atoms with van der Waals surface area (Å²) in [7, 11) is 3.86. The summed E-state index contributed by atoms with van der Waals surface area (Å²) < 4.78 is 18.4. The predicted molar refractivity (Wildman–Crippen MR) is 85.8 cm³/mol. The van der Waals surface area contributed by atoms with Gasteiger partial charge in [-0.05, 0) is 45.5 Å². The van der Waals surface area contributed by atoms with E-state index in [0.717, 1.165) is 6.42 Å². The van der Waals surface area contributed by atoms with E-state index in [9.17, 15) is 14.3 Å². The van der Waals surface area contributed by atoms with Crippen molar-refractivity contribution in [2.75, 3.05) is 40.3 Å². The highest BCUT2D eigenvalue weighted by Gasteiger charge is 2.31. The van der Waals surface area contributed by atoms with Crippen molar-refractivity contribution in [2.45, 2.75) is 24.9 Å². The summed E-state index contributed by atoms with van der Waals surface area (Å²) in [6.45, 7) is 1.60. The molecular formula is C17H25FN2O3. The largest absolute Gasteiger partial charge is 0.484 e. The van der Waals surface area contributed by atoms with Crippen molar-refractivity contribution in [3.8, 4) is 5.75 Å². The van der Waals surface area contributed by atoms with E-state index in [2.05, 4.69) is 0 Å². The lowest BCUT2D eigenvalue weighted by Crippen LogP contribution is -2.42. The zero-order valence-electron chi connectivity index (χ0n) is 13.8. The molecule has 0 saturated carbocycles. The number of hydrogen-bond acceptors (Lipinski definition) is 4. The number of nitrogens with zero attached hydrogens (tertiary/aromatic N) is 2. The average molecular weight is 324 g/mol. The van der Waals surface area contributed by atoms with Crippen molar-refractivity contribution in [3.05, 3.63) is 30.1 Å². The molecule has 128 valence electrons. The van der Waals surface area contributed by atoms with Gasteiger partial charge in [0.25, 0.3) is 5.91 Å². The summed E-state index contributed by atoms with van der Waals surface area (Å²) in [5, 5.41) is 10.6. The second kappa shape index (κ2) is 7.75. The summed E-state index contributed by atoms with van der Waals surface area (Å²) in [5.41, 5.74) is -0.748. The van der Waals surface area contributed by atoms with Gasteiger partial charge in [-0.15, -0.1) is 0 Å². The van der Waals surface area contributed by atoms with Gasteiger partial charge in [0.15, 0.2) is 6.61 Å². The minimum atomic E-state index is -0.748. The van der Waals surface area contributed by atoms with Crippen molar-refractivity contribution in [2.24, 2.45) is 0 Å². The lowest BCUT2D eigenvalue weighted by atomic mass is 9.94. The average Bonchev–Trinajstić information content (AvgIpc) is 2.66. The highest BCUT2D eigenvalue weighted by atomic mass is 19.1. The quantitative estimate of drug-likeness (QED) is 0.892. The SMILES string of the molecule is CN(C)C[C@@]1(O)CCCN(C(=O)COc2cccc(F)c2)CC1. The molecule has 1 aromatic rings. The van der Waals surface area contributed by atoms with Gasteiger partial charge < -0.3 is 19.6 Å². The van der Waals surface area contributed by atoms with Gasteiger partial charge >= 0.3 is 0 Å². The molecule has 1 saturated heterocycles. The number of aliphatic hydroxyl groups is 1. The molecule has 1 aromatic carbocycles. The molecule has 1 heterocycles. The first-order valence-electron chi connectivity index (χ1n) is 7.91. The standard InChI is InChI=1S/C17H25FN2O3/c1-19(2)13-17(22)7-4-9-20(10-8-17)16(21)12-23-15-6-3-5-14(18)11-15/h3,5-6,11,22H,4,7-10,12-13H2,1-2H3/t17-/m1/s1. The van der Waals surface area contributed by atoms with Crippen molar-refractivity contribution >= 4 is 5.91 Å². The number of hydrogen-bond donors (Lipinski definition) is 1. The number of benzene rings is 1. The molecule has 1 amide bonds. The number of likely N-dealkylation sites (tertiary alicyclic amines) is 1. The fourth-order valence-corrected chi connectivity index (χ4v) is 2.97. The zero-order valence-corrected chi connectivity index (χ0v) is 13.8. The molecule has 1 atom stereocenters. The van der Waals surface area contributed by atoms with E-state index in [-0.39, 0.29) is 12.5 Å². The molecule has 0 aromatic heterocycles. The highest BCUT2D eigenvalue weighted by Crippen LogP contribution is 2.23.